The molecule has 1 saturated heterocycles. The molecule has 0 unspecified atom stereocenters. The second kappa shape index (κ2) is 7.49. The molecule has 0 saturated carbocycles. The number of nitrogens with one attached hydrogen (secondary N) is 1. The number of carbonyl (C=O) groups is 2. The molecule has 1 rings (SSSR count). The van der Waals surface area contributed by atoms with Crippen molar-refractivity contribution in [3.8, 4) is 0 Å². The molecular weight excluding hydrogens is 228 g/mol. The van der Waals surface area contributed by atoms with E-state index in [0.29, 0.717) is 13.0 Å². The Labute approximate surface area is 101 Å². The summed E-state index contributed by atoms with van der Waals surface area (Å²) in [7, 11) is 0. The van der Waals surface area contributed by atoms with Crippen LogP contribution in [0.4, 0.5) is 0 Å². The predicted molar refractivity (Wildman–Crippen MR) is 63.4 cm³/mol. The summed E-state index contributed by atoms with van der Waals surface area (Å²) >= 11 is 5.33. The number of halogens is 1. The van der Waals surface area contributed by atoms with Crippen LogP contribution in [0.2, 0.25) is 0 Å². The number of carbonyl (C=O) groups excluding carboxylic acids is 2. The lowest BCUT2D eigenvalue weighted by atomic mass is 10.2. The molecule has 0 atom stereocenters. The Balaban J connectivity index is 2.20. The van der Waals surface area contributed by atoms with Crippen molar-refractivity contribution < 1.29 is 9.59 Å². The van der Waals surface area contributed by atoms with Crippen LogP contribution >= 0.6 is 11.6 Å². The second-order valence-electron chi connectivity index (χ2n) is 4.03. The number of nitrogens with zero attached hydrogens (tertiary/aromatic N) is 1. The van der Waals surface area contributed by atoms with Crippen molar-refractivity contribution in [3.05, 3.63) is 0 Å². The minimum atomic E-state index is -0.217. The Hall–Kier alpha value is -0.770. The number of hydrogen-bond acceptors (Lipinski definition) is 2. The van der Waals surface area contributed by atoms with E-state index in [4.69, 9.17) is 11.6 Å². The molecule has 4 nitrogen and oxygen atoms in total. The first-order chi connectivity index (χ1) is 7.74. The molecule has 0 aromatic rings. The lowest BCUT2D eigenvalue weighted by molar-refractivity contribution is -0.131. The van der Waals surface area contributed by atoms with E-state index in [1.165, 1.54) is 12.8 Å². The third-order valence-corrected chi connectivity index (χ3v) is 2.98. The molecule has 0 aromatic carbocycles. The summed E-state index contributed by atoms with van der Waals surface area (Å²) in [5.74, 6) is -0.125. The van der Waals surface area contributed by atoms with E-state index in [2.05, 4.69) is 5.32 Å². The summed E-state index contributed by atoms with van der Waals surface area (Å²) in [6.07, 6.45) is 5.00. The lowest BCUT2D eigenvalue weighted by Crippen LogP contribution is -2.35. The first kappa shape index (κ1) is 13.3. The molecule has 2 amide bonds. The van der Waals surface area contributed by atoms with Crippen LogP contribution in [0.15, 0.2) is 0 Å². The maximum Gasteiger partial charge on any atom is 0.234 e. The number of hydrogen-bond donors (Lipinski definition) is 1. The van der Waals surface area contributed by atoms with Crippen molar-refractivity contribution in [2.45, 2.75) is 32.1 Å². The molecule has 1 fully saturated rings. The van der Waals surface area contributed by atoms with Crippen molar-refractivity contribution in [1.82, 2.24) is 10.2 Å². The standard InChI is InChI=1S/C11H19ClN2O2/c12-9-10(15)13-6-5-11(16)14-7-3-1-2-4-8-14/h1-9H2,(H,13,15). The number of likely N-dealkylation sites (tertiary alicyclic amines) is 1. The van der Waals surface area contributed by atoms with Gasteiger partial charge in [0.25, 0.3) is 0 Å². The average Bonchev–Trinajstić information content (AvgIpc) is 2.57. The molecule has 1 aliphatic heterocycles. The summed E-state index contributed by atoms with van der Waals surface area (Å²) < 4.78 is 0. The first-order valence-electron chi connectivity index (χ1n) is 5.84. The monoisotopic (exact) mass is 246 g/mol. The van der Waals surface area contributed by atoms with Gasteiger partial charge in [0, 0.05) is 26.1 Å². The van der Waals surface area contributed by atoms with E-state index in [1.807, 2.05) is 4.90 Å². The van der Waals surface area contributed by atoms with Crippen LogP contribution in [0.1, 0.15) is 32.1 Å². The summed E-state index contributed by atoms with van der Waals surface area (Å²) in [4.78, 5) is 24.5. The Kier molecular flexibility index (Phi) is 6.23. The molecule has 1 aliphatic rings. The molecular formula is C11H19ClN2O2. The molecule has 16 heavy (non-hydrogen) atoms. The fourth-order valence-electron chi connectivity index (χ4n) is 1.83. The van der Waals surface area contributed by atoms with Gasteiger partial charge in [-0.3, -0.25) is 9.59 Å². The van der Waals surface area contributed by atoms with Gasteiger partial charge < -0.3 is 10.2 Å². The third-order valence-electron chi connectivity index (χ3n) is 2.74. The van der Waals surface area contributed by atoms with Crippen LogP contribution in [0, 0.1) is 0 Å². The van der Waals surface area contributed by atoms with Crippen LogP contribution in [-0.4, -0.2) is 42.2 Å². The summed E-state index contributed by atoms with van der Waals surface area (Å²) in [6.45, 7) is 2.12. The molecule has 0 spiro atoms. The van der Waals surface area contributed by atoms with Gasteiger partial charge in [-0.15, -0.1) is 11.6 Å². The van der Waals surface area contributed by atoms with Gasteiger partial charge in [-0.2, -0.15) is 0 Å². The SMILES string of the molecule is O=C(CCl)NCCC(=O)N1CCCCCC1. The Bertz CT molecular complexity index is 238. The number of alkyl halides is 1. The van der Waals surface area contributed by atoms with Crippen LogP contribution in [0.25, 0.3) is 0 Å². The zero-order valence-electron chi connectivity index (χ0n) is 9.51. The molecule has 1 heterocycles. The minimum Gasteiger partial charge on any atom is -0.355 e. The van der Waals surface area contributed by atoms with Crippen molar-refractivity contribution >= 4 is 23.4 Å². The number of rotatable bonds is 4. The minimum absolute atomic E-state index is 0.0437. The van der Waals surface area contributed by atoms with Crippen molar-refractivity contribution in [2.24, 2.45) is 0 Å². The normalized spacial score (nSPS) is 16.7. The highest BCUT2D eigenvalue weighted by molar-refractivity contribution is 6.27. The van der Waals surface area contributed by atoms with E-state index in [1.54, 1.807) is 0 Å². The first-order valence-corrected chi connectivity index (χ1v) is 6.38. The topological polar surface area (TPSA) is 49.4 Å². The van der Waals surface area contributed by atoms with Gasteiger partial charge in [-0.1, -0.05) is 12.8 Å². The van der Waals surface area contributed by atoms with Gasteiger partial charge in [0.05, 0.1) is 0 Å². The second-order valence-corrected chi connectivity index (χ2v) is 4.30. The zero-order chi connectivity index (χ0) is 11.8. The summed E-state index contributed by atoms with van der Waals surface area (Å²) in [6, 6.07) is 0. The fraction of sp³-hybridized carbons (Fsp3) is 0.818. The molecule has 1 N–H and O–H groups in total. The third kappa shape index (κ3) is 4.84. The van der Waals surface area contributed by atoms with Gasteiger partial charge in [-0.05, 0) is 12.8 Å². The van der Waals surface area contributed by atoms with Gasteiger partial charge >= 0.3 is 0 Å². The van der Waals surface area contributed by atoms with Crippen LogP contribution in [0.5, 0.6) is 0 Å². The highest BCUT2D eigenvalue weighted by Gasteiger charge is 2.14. The molecule has 5 heteroatoms. The highest BCUT2D eigenvalue weighted by Crippen LogP contribution is 2.10. The zero-order valence-corrected chi connectivity index (χ0v) is 10.3. The predicted octanol–water partition coefficient (Wildman–Crippen LogP) is 1.13. The Morgan fingerprint density at radius 2 is 1.75 bits per heavy atom. The smallest absolute Gasteiger partial charge is 0.234 e. The number of amides is 2. The van der Waals surface area contributed by atoms with E-state index in [-0.39, 0.29) is 17.7 Å². The van der Waals surface area contributed by atoms with Crippen LogP contribution in [-0.2, 0) is 9.59 Å². The van der Waals surface area contributed by atoms with Crippen LogP contribution < -0.4 is 5.32 Å². The fourth-order valence-corrected chi connectivity index (χ4v) is 1.93. The Morgan fingerprint density at radius 1 is 1.12 bits per heavy atom. The van der Waals surface area contributed by atoms with E-state index in [0.717, 1.165) is 25.9 Å². The average molecular weight is 247 g/mol. The molecule has 92 valence electrons. The van der Waals surface area contributed by atoms with Gasteiger partial charge in [-0.25, -0.2) is 0 Å². The highest BCUT2D eigenvalue weighted by atomic mass is 35.5. The summed E-state index contributed by atoms with van der Waals surface area (Å²) in [5, 5.41) is 2.60. The van der Waals surface area contributed by atoms with Gasteiger partial charge in [0.15, 0.2) is 0 Å². The maximum absolute atomic E-state index is 11.8. The van der Waals surface area contributed by atoms with Crippen molar-refractivity contribution in [2.75, 3.05) is 25.5 Å². The van der Waals surface area contributed by atoms with Gasteiger partial charge in [0.1, 0.15) is 5.88 Å². The quantitative estimate of drug-likeness (QED) is 0.757. The largest absolute Gasteiger partial charge is 0.355 e. The molecule has 0 radical (unpaired) electrons. The molecule has 0 aromatic heterocycles. The summed E-state index contributed by atoms with van der Waals surface area (Å²) in [5.41, 5.74) is 0. The van der Waals surface area contributed by atoms with Crippen molar-refractivity contribution in [3.63, 3.8) is 0 Å². The van der Waals surface area contributed by atoms with Crippen molar-refractivity contribution in [1.29, 1.82) is 0 Å². The van der Waals surface area contributed by atoms with E-state index >= 15 is 0 Å². The van der Waals surface area contributed by atoms with Crippen LogP contribution in [0.3, 0.4) is 0 Å². The molecule has 0 bridgehead atoms. The maximum atomic E-state index is 11.8. The Morgan fingerprint density at radius 3 is 2.31 bits per heavy atom. The lowest BCUT2D eigenvalue weighted by Gasteiger charge is -2.20. The van der Waals surface area contributed by atoms with E-state index < -0.39 is 0 Å². The molecule has 0 aliphatic carbocycles. The van der Waals surface area contributed by atoms with Gasteiger partial charge in [0.2, 0.25) is 11.8 Å². The van der Waals surface area contributed by atoms with E-state index in [9.17, 15) is 9.59 Å².